The van der Waals surface area contributed by atoms with Crippen molar-refractivity contribution in [3.63, 3.8) is 0 Å². The minimum atomic E-state index is -0.405. The Bertz CT molecular complexity index is 474. The van der Waals surface area contributed by atoms with Gasteiger partial charge in [-0.3, -0.25) is 9.69 Å². The first-order valence-electron chi connectivity index (χ1n) is 8.31. The summed E-state index contributed by atoms with van der Waals surface area (Å²) in [4.78, 5) is 14.6. The van der Waals surface area contributed by atoms with E-state index in [1.165, 1.54) is 5.56 Å². The molecule has 2 rings (SSSR count). The number of nitrogens with one attached hydrogen (secondary N) is 1. The molecule has 4 heteroatoms. The standard InChI is InChI=1S/C18H29N3O/c1-13(2)17(19)18(22)20-16-9-10-21(14(3)11-16)12-15-7-5-4-6-8-15/h4-8,13-14,16-17H,9-12,19H2,1-3H3,(H,20,22)/t14?,16?,17-/m0/s1. The zero-order valence-electron chi connectivity index (χ0n) is 14.0. The van der Waals surface area contributed by atoms with Gasteiger partial charge < -0.3 is 11.1 Å². The molecule has 2 unspecified atom stereocenters. The van der Waals surface area contributed by atoms with E-state index in [-0.39, 0.29) is 17.9 Å². The van der Waals surface area contributed by atoms with E-state index in [1.54, 1.807) is 0 Å². The van der Waals surface area contributed by atoms with Crippen molar-refractivity contribution in [3.8, 4) is 0 Å². The molecule has 1 fully saturated rings. The molecule has 122 valence electrons. The Kier molecular flexibility index (Phi) is 5.98. The van der Waals surface area contributed by atoms with Gasteiger partial charge in [0.1, 0.15) is 0 Å². The normalized spacial score (nSPS) is 24.2. The van der Waals surface area contributed by atoms with Crippen LogP contribution in [0.15, 0.2) is 30.3 Å². The number of carbonyl (C=O) groups is 1. The molecule has 0 spiro atoms. The zero-order valence-corrected chi connectivity index (χ0v) is 14.0. The highest BCUT2D eigenvalue weighted by molar-refractivity contribution is 5.82. The molecular weight excluding hydrogens is 274 g/mol. The number of rotatable bonds is 5. The SMILES string of the molecule is CC(C)[C@H](N)C(=O)NC1CCN(Cc2ccccc2)C(C)C1. The van der Waals surface area contributed by atoms with Crippen molar-refractivity contribution in [1.82, 2.24) is 10.2 Å². The number of piperidine rings is 1. The van der Waals surface area contributed by atoms with Crippen LogP contribution in [0, 0.1) is 5.92 Å². The van der Waals surface area contributed by atoms with Crippen LogP contribution < -0.4 is 11.1 Å². The number of likely N-dealkylation sites (tertiary alicyclic amines) is 1. The van der Waals surface area contributed by atoms with E-state index in [1.807, 2.05) is 19.9 Å². The molecule has 4 nitrogen and oxygen atoms in total. The van der Waals surface area contributed by atoms with Gasteiger partial charge in [-0.25, -0.2) is 0 Å². The maximum absolute atomic E-state index is 12.1. The molecule has 1 aliphatic rings. The molecule has 0 aliphatic carbocycles. The van der Waals surface area contributed by atoms with Crippen molar-refractivity contribution in [1.29, 1.82) is 0 Å². The average Bonchev–Trinajstić information content (AvgIpc) is 2.50. The largest absolute Gasteiger partial charge is 0.352 e. The topological polar surface area (TPSA) is 58.4 Å². The summed E-state index contributed by atoms with van der Waals surface area (Å²) in [6.07, 6.45) is 1.98. The molecule has 0 aromatic heterocycles. The molecule has 1 heterocycles. The minimum Gasteiger partial charge on any atom is -0.352 e. The van der Waals surface area contributed by atoms with E-state index in [4.69, 9.17) is 5.73 Å². The molecule has 1 aromatic carbocycles. The third-order valence-electron chi connectivity index (χ3n) is 4.61. The van der Waals surface area contributed by atoms with Gasteiger partial charge in [-0.1, -0.05) is 44.2 Å². The van der Waals surface area contributed by atoms with Crippen LogP contribution in [0.1, 0.15) is 39.2 Å². The highest BCUT2D eigenvalue weighted by atomic mass is 16.2. The summed E-state index contributed by atoms with van der Waals surface area (Å²) in [5, 5.41) is 3.12. The summed E-state index contributed by atoms with van der Waals surface area (Å²) in [6, 6.07) is 10.9. The van der Waals surface area contributed by atoms with E-state index in [2.05, 4.69) is 41.4 Å². The number of hydrogen-bond acceptors (Lipinski definition) is 3. The number of benzene rings is 1. The lowest BCUT2D eigenvalue weighted by molar-refractivity contribution is -0.124. The summed E-state index contributed by atoms with van der Waals surface area (Å²) in [6.45, 7) is 8.19. The summed E-state index contributed by atoms with van der Waals surface area (Å²) >= 11 is 0. The number of nitrogens with two attached hydrogens (primary N) is 1. The number of carbonyl (C=O) groups excluding carboxylic acids is 1. The molecule has 1 aliphatic heterocycles. The molecule has 1 aromatic rings. The second-order valence-corrected chi connectivity index (χ2v) is 6.80. The van der Waals surface area contributed by atoms with Crippen molar-refractivity contribution >= 4 is 5.91 Å². The smallest absolute Gasteiger partial charge is 0.237 e. The van der Waals surface area contributed by atoms with E-state index >= 15 is 0 Å². The lowest BCUT2D eigenvalue weighted by Crippen LogP contribution is -2.52. The minimum absolute atomic E-state index is 0.0105. The maximum Gasteiger partial charge on any atom is 0.237 e. The lowest BCUT2D eigenvalue weighted by Gasteiger charge is -2.38. The second-order valence-electron chi connectivity index (χ2n) is 6.80. The Hall–Kier alpha value is -1.39. The average molecular weight is 303 g/mol. The van der Waals surface area contributed by atoms with Gasteiger partial charge in [0.15, 0.2) is 0 Å². The lowest BCUT2D eigenvalue weighted by atomic mass is 9.96. The molecule has 3 atom stereocenters. The third kappa shape index (κ3) is 4.55. The maximum atomic E-state index is 12.1. The van der Waals surface area contributed by atoms with Crippen molar-refractivity contribution in [2.24, 2.45) is 11.7 Å². The van der Waals surface area contributed by atoms with Crippen molar-refractivity contribution in [2.75, 3.05) is 6.54 Å². The molecule has 3 N–H and O–H groups in total. The van der Waals surface area contributed by atoms with Crippen LogP contribution in [0.3, 0.4) is 0 Å². The summed E-state index contributed by atoms with van der Waals surface area (Å²) in [5.74, 6) is 0.166. The molecule has 0 saturated carbocycles. The first-order valence-corrected chi connectivity index (χ1v) is 8.31. The fourth-order valence-electron chi connectivity index (χ4n) is 3.00. The Balaban J connectivity index is 1.83. The van der Waals surface area contributed by atoms with Gasteiger partial charge in [-0.05, 0) is 31.2 Å². The Labute approximate surface area is 134 Å². The molecule has 22 heavy (non-hydrogen) atoms. The predicted octanol–water partition coefficient (Wildman–Crippen LogP) is 2.14. The second kappa shape index (κ2) is 7.75. The van der Waals surface area contributed by atoms with Crippen LogP contribution in [-0.2, 0) is 11.3 Å². The van der Waals surface area contributed by atoms with Gasteiger partial charge in [0, 0.05) is 25.2 Å². The van der Waals surface area contributed by atoms with E-state index in [9.17, 15) is 4.79 Å². The van der Waals surface area contributed by atoms with Crippen LogP contribution >= 0.6 is 0 Å². The fraction of sp³-hybridized carbons (Fsp3) is 0.611. The summed E-state index contributed by atoms with van der Waals surface area (Å²) in [7, 11) is 0. The van der Waals surface area contributed by atoms with Crippen LogP contribution in [0.25, 0.3) is 0 Å². The van der Waals surface area contributed by atoms with Gasteiger partial charge in [-0.15, -0.1) is 0 Å². The number of nitrogens with zero attached hydrogens (tertiary/aromatic N) is 1. The Morgan fingerprint density at radius 1 is 1.36 bits per heavy atom. The van der Waals surface area contributed by atoms with Gasteiger partial charge >= 0.3 is 0 Å². The fourth-order valence-corrected chi connectivity index (χ4v) is 3.00. The number of amides is 1. The highest BCUT2D eigenvalue weighted by Gasteiger charge is 2.28. The monoisotopic (exact) mass is 303 g/mol. The van der Waals surface area contributed by atoms with Gasteiger partial charge in [0.25, 0.3) is 0 Å². The Morgan fingerprint density at radius 3 is 2.64 bits per heavy atom. The van der Waals surface area contributed by atoms with Gasteiger partial charge in [0.05, 0.1) is 6.04 Å². The van der Waals surface area contributed by atoms with Crippen LogP contribution in [0.4, 0.5) is 0 Å². The van der Waals surface area contributed by atoms with Crippen molar-refractivity contribution in [2.45, 2.75) is 58.3 Å². The van der Waals surface area contributed by atoms with Gasteiger partial charge in [-0.2, -0.15) is 0 Å². The Morgan fingerprint density at radius 2 is 2.05 bits per heavy atom. The summed E-state index contributed by atoms with van der Waals surface area (Å²) in [5.41, 5.74) is 7.26. The molecule has 0 bridgehead atoms. The van der Waals surface area contributed by atoms with Crippen molar-refractivity contribution in [3.05, 3.63) is 35.9 Å². The van der Waals surface area contributed by atoms with E-state index in [0.29, 0.717) is 6.04 Å². The highest BCUT2D eigenvalue weighted by Crippen LogP contribution is 2.20. The van der Waals surface area contributed by atoms with E-state index in [0.717, 1.165) is 25.9 Å². The van der Waals surface area contributed by atoms with Crippen LogP contribution in [0.5, 0.6) is 0 Å². The first kappa shape index (κ1) is 17.0. The summed E-state index contributed by atoms with van der Waals surface area (Å²) < 4.78 is 0. The predicted molar refractivity (Wildman–Crippen MR) is 90.3 cm³/mol. The van der Waals surface area contributed by atoms with Crippen LogP contribution in [-0.4, -0.2) is 35.5 Å². The number of hydrogen-bond donors (Lipinski definition) is 2. The third-order valence-corrected chi connectivity index (χ3v) is 4.61. The molecule has 0 radical (unpaired) electrons. The molecule has 1 saturated heterocycles. The molecular formula is C18H29N3O. The van der Waals surface area contributed by atoms with Gasteiger partial charge in [0.2, 0.25) is 5.91 Å². The quantitative estimate of drug-likeness (QED) is 0.876. The molecule has 1 amide bonds. The van der Waals surface area contributed by atoms with Crippen molar-refractivity contribution < 1.29 is 4.79 Å². The van der Waals surface area contributed by atoms with Crippen LogP contribution in [0.2, 0.25) is 0 Å². The zero-order chi connectivity index (χ0) is 16.1. The first-order chi connectivity index (χ1) is 10.5. The van der Waals surface area contributed by atoms with E-state index < -0.39 is 6.04 Å².